The zero-order valence-electron chi connectivity index (χ0n) is 18.8. The molecule has 0 radical (unpaired) electrons. The van der Waals surface area contributed by atoms with Crippen LogP contribution in [0.15, 0.2) is 59.0 Å². The van der Waals surface area contributed by atoms with Gasteiger partial charge in [-0.15, -0.1) is 0 Å². The zero-order chi connectivity index (χ0) is 22.5. The van der Waals surface area contributed by atoms with Gasteiger partial charge in [-0.3, -0.25) is 9.59 Å². The third-order valence-corrected chi connectivity index (χ3v) is 5.41. The van der Waals surface area contributed by atoms with E-state index in [1.807, 2.05) is 70.2 Å². The first kappa shape index (κ1) is 22.3. The van der Waals surface area contributed by atoms with E-state index in [2.05, 4.69) is 0 Å². The molecular formula is C26H29NO4. The van der Waals surface area contributed by atoms with Crippen LogP contribution < -0.4 is 4.74 Å². The average Bonchev–Trinajstić information content (AvgIpc) is 3.21. The molecule has 5 nitrogen and oxygen atoms in total. The highest BCUT2D eigenvalue weighted by atomic mass is 16.5. The van der Waals surface area contributed by atoms with Crippen molar-refractivity contribution in [2.75, 3.05) is 13.1 Å². The molecule has 0 N–H and O–H groups in total. The van der Waals surface area contributed by atoms with Gasteiger partial charge in [0.25, 0.3) is 0 Å². The number of carbonyl (C=O) groups excluding carboxylic acids is 2. The van der Waals surface area contributed by atoms with Crippen LogP contribution in [-0.2, 0) is 4.79 Å². The van der Waals surface area contributed by atoms with Gasteiger partial charge in [0, 0.05) is 31.5 Å². The SMILES string of the molecule is CCN(CC)C(=O)C=C(C)c1ccc(OC(C)c2ccccc2)c2oc(C(C)=O)cc12. The fourth-order valence-corrected chi connectivity index (χ4v) is 3.58. The first-order valence-electron chi connectivity index (χ1n) is 10.6. The van der Waals surface area contributed by atoms with Crippen molar-refractivity contribution in [2.45, 2.75) is 40.7 Å². The lowest BCUT2D eigenvalue weighted by molar-refractivity contribution is -0.125. The van der Waals surface area contributed by atoms with E-state index in [0.29, 0.717) is 24.4 Å². The lowest BCUT2D eigenvalue weighted by Crippen LogP contribution is -2.28. The Morgan fingerprint density at radius 1 is 1.06 bits per heavy atom. The second-order valence-corrected chi connectivity index (χ2v) is 7.53. The molecule has 1 amide bonds. The number of rotatable bonds is 8. The Labute approximate surface area is 183 Å². The van der Waals surface area contributed by atoms with Gasteiger partial charge in [0.2, 0.25) is 5.91 Å². The van der Waals surface area contributed by atoms with Gasteiger partial charge in [-0.05, 0) is 56.5 Å². The lowest BCUT2D eigenvalue weighted by Gasteiger charge is -2.17. The second-order valence-electron chi connectivity index (χ2n) is 7.53. The van der Waals surface area contributed by atoms with E-state index in [4.69, 9.17) is 9.15 Å². The van der Waals surface area contributed by atoms with Crippen LogP contribution in [0.2, 0.25) is 0 Å². The van der Waals surface area contributed by atoms with E-state index in [1.54, 1.807) is 17.0 Å². The third kappa shape index (κ3) is 4.88. The van der Waals surface area contributed by atoms with Crippen LogP contribution in [-0.4, -0.2) is 29.7 Å². The van der Waals surface area contributed by atoms with E-state index < -0.39 is 0 Å². The molecule has 31 heavy (non-hydrogen) atoms. The van der Waals surface area contributed by atoms with Gasteiger partial charge in [0.15, 0.2) is 22.9 Å². The quantitative estimate of drug-likeness (QED) is 0.329. The highest BCUT2D eigenvalue weighted by Gasteiger charge is 2.19. The molecule has 1 heterocycles. The van der Waals surface area contributed by atoms with Crippen molar-refractivity contribution in [3.63, 3.8) is 0 Å². The zero-order valence-corrected chi connectivity index (χ0v) is 18.8. The van der Waals surface area contributed by atoms with E-state index in [-0.39, 0.29) is 23.6 Å². The van der Waals surface area contributed by atoms with Crippen LogP contribution >= 0.6 is 0 Å². The minimum Gasteiger partial charge on any atom is -0.482 e. The Morgan fingerprint density at radius 3 is 2.35 bits per heavy atom. The minimum atomic E-state index is -0.193. The molecule has 0 aliphatic rings. The van der Waals surface area contributed by atoms with Gasteiger partial charge in [0.1, 0.15) is 6.10 Å². The van der Waals surface area contributed by atoms with Gasteiger partial charge in [-0.1, -0.05) is 36.4 Å². The summed E-state index contributed by atoms with van der Waals surface area (Å²) in [5, 5.41) is 0.754. The molecule has 2 aromatic carbocycles. The van der Waals surface area contributed by atoms with E-state index in [1.165, 1.54) is 6.92 Å². The number of benzene rings is 2. The molecule has 5 heteroatoms. The monoisotopic (exact) mass is 419 g/mol. The molecule has 1 aromatic heterocycles. The molecular weight excluding hydrogens is 390 g/mol. The van der Waals surface area contributed by atoms with Crippen molar-refractivity contribution < 1.29 is 18.7 Å². The van der Waals surface area contributed by atoms with Crippen molar-refractivity contribution in [2.24, 2.45) is 0 Å². The van der Waals surface area contributed by atoms with E-state index in [9.17, 15) is 9.59 Å². The Hall–Kier alpha value is -3.34. The number of nitrogens with zero attached hydrogens (tertiary/aromatic N) is 1. The average molecular weight is 420 g/mol. The number of allylic oxidation sites excluding steroid dienone is 1. The molecule has 3 aromatic rings. The summed E-state index contributed by atoms with van der Waals surface area (Å²) in [7, 11) is 0. The van der Waals surface area contributed by atoms with Crippen LogP contribution in [0, 0.1) is 0 Å². The maximum absolute atomic E-state index is 12.6. The molecule has 0 saturated carbocycles. The van der Waals surface area contributed by atoms with Gasteiger partial charge in [-0.2, -0.15) is 0 Å². The predicted molar refractivity (Wildman–Crippen MR) is 123 cm³/mol. The number of Topliss-reactive ketones (excluding diaryl/α,β-unsaturated/α-hetero) is 1. The van der Waals surface area contributed by atoms with Gasteiger partial charge < -0.3 is 14.1 Å². The van der Waals surface area contributed by atoms with Gasteiger partial charge in [0.05, 0.1) is 0 Å². The molecule has 0 bridgehead atoms. The predicted octanol–water partition coefficient (Wildman–Crippen LogP) is 6.05. The summed E-state index contributed by atoms with van der Waals surface area (Å²) in [6.07, 6.45) is 1.44. The van der Waals surface area contributed by atoms with Gasteiger partial charge in [-0.25, -0.2) is 0 Å². The Morgan fingerprint density at radius 2 is 1.74 bits per heavy atom. The molecule has 0 spiro atoms. The Balaban J connectivity index is 2.04. The summed E-state index contributed by atoms with van der Waals surface area (Å²) in [5.74, 6) is 0.627. The highest BCUT2D eigenvalue weighted by Crippen LogP contribution is 2.36. The number of amides is 1. The molecule has 1 atom stereocenters. The number of ether oxygens (including phenoxy) is 1. The summed E-state index contributed by atoms with van der Waals surface area (Å²) >= 11 is 0. The van der Waals surface area contributed by atoms with Crippen LogP contribution in [0.5, 0.6) is 5.75 Å². The second kappa shape index (κ2) is 9.65. The maximum Gasteiger partial charge on any atom is 0.246 e. The topological polar surface area (TPSA) is 59.8 Å². The van der Waals surface area contributed by atoms with Crippen LogP contribution in [0.3, 0.4) is 0 Å². The fraction of sp³-hybridized carbons (Fsp3) is 0.308. The number of hydrogen-bond acceptors (Lipinski definition) is 4. The van der Waals surface area contributed by atoms with Crippen LogP contribution in [0.1, 0.15) is 62.4 Å². The first-order chi connectivity index (χ1) is 14.8. The molecule has 0 aliphatic heterocycles. The van der Waals surface area contributed by atoms with Gasteiger partial charge >= 0.3 is 0 Å². The Bertz CT molecular complexity index is 1110. The standard InChI is InChI=1S/C26H29NO4/c1-6-27(7-2)25(29)15-17(3)21-13-14-23(26-22(21)16-24(31-26)18(4)28)30-19(5)20-11-9-8-10-12-20/h8-16,19H,6-7H2,1-5H3. The third-order valence-electron chi connectivity index (χ3n) is 5.41. The summed E-state index contributed by atoms with van der Waals surface area (Å²) in [4.78, 5) is 26.3. The number of fused-ring (bicyclic) bond motifs is 1. The Kier molecular flexibility index (Phi) is 6.95. The van der Waals surface area contributed by atoms with Crippen LogP contribution in [0.4, 0.5) is 0 Å². The molecule has 1 unspecified atom stereocenters. The fourth-order valence-electron chi connectivity index (χ4n) is 3.58. The van der Waals surface area contributed by atoms with Crippen molar-refractivity contribution in [1.82, 2.24) is 4.90 Å². The lowest BCUT2D eigenvalue weighted by atomic mass is 10.0. The number of ketones is 1. The molecule has 0 aliphatic carbocycles. The summed E-state index contributed by atoms with van der Waals surface area (Å²) in [5.41, 5.74) is 3.19. The van der Waals surface area contributed by atoms with E-state index >= 15 is 0 Å². The normalized spacial score (nSPS) is 12.6. The molecule has 0 fully saturated rings. The largest absolute Gasteiger partial charge is 0.482 e. The van der Waals surface area contributed by atoms with Crippen molar-refractivity contribution in [3.05, 3.63) is 71.5 Å². The summed E-state index contributed by atoms with van der Waals surface area (Å²) < 4.78 is 12.1. The van der Waals surface area contributed by atoms with Crippen molar-refractivity contribution >= 4 is 28.2 Å². The maximum atomic E-state index is 12.6. The van der Waals surface area contributed by atoms with E-state index in [0.717, 1.165) is 22.1 Å². The number of hydrogen-bond donors (Lipinski definition) is 0. The molecule has 3 rings (SSSR count). The smallest absolute Gasteiger partial charge is 0.246 e. The number of carbonyl (C=O) groups is 2. The number of furan rings is 1. The summed E-state index contributed by atoms with van der Waals surface area (Å²) in [6.45, 7) is 10.5. The highest BCUT2D eigenvalue weighted by molar-refractivity contribution is 6.03. The van der Waals surface area contributed by atoms with Crippen molar-refractivity contribution in [1.29, 1.82) is 0 Å². The number of likely N-dealkylation sites (N-methyl/N-ethyl adjacent to an activating group) is 1. The van der Waals surface area contributed by atoms with Crippen molar-refractivity contribution in [3.8, 4) is 5.75 Å². The minimum absolute atomic E-state index is 0.0380. The molecule has 0 saturated heterocycles. The molecule has 162 valence electrons. The summed E-state index contributed by atoms with van der Waals surface area (Å²) in [6, 6.07) is 15.4. The van der Waals surface area contributed by atoms with Crippen LogP contribution in [0.25, 0.3) is 16.5 Å². The first-order valence-corrected chi connectivity index (χ1v) is 10.6.